The van der Waals surface area contributed by atoms with E-state index in [4.69, 9.17) is 0 Å². The molecule has 4 rings (SSSR count). The summed E-state index contributed by atoms with van der Waals surface area (Å²) in [6.45, 7) is 5.85. The monoisotopic (exact) mass is 410 g/mol. The number of thioether (sulfide) groups is 1. The number of carbonyl (C=O) groups excluding carboxylic acids is 1. The van der Waals surface area contributed by atoms with E-state index < -0.39 is 0 Å². The molecule has 2 aromatic carbocycles. The summed E-state index contributed by atoms with van der Waals surface area (Å²) in [5, 5.41) is 11.8. The van der Waals surface area contributed by atoms with E-state index in [0.717, 1.165) is 29.7 Å². The molecule has 5 nitrogen and oxygen atoms in total. The Kier molecular flexibility index (Phi) is 5.41. The summed E-state index contributed by atoms with van der Waals surface area (Å²) >= 11 is 1.35. The van der Waals surface area contributed by atoms with Gasteiger partial charge in [0.15, 0.2) is 11.0 Å². The van der Waals surface area contributed by atoms with E-state index in [2.05, 4.69) is 15.5 Å². The van der Waals surface area contributed by atoms with Crippen LogP contribution in [0.1, 0.15) is 36.9 Å². The van der Waals surface area contributed by atoms with Crippen LogP contribution in [0.3, 0.4) is 0 Å². The molecule has 3 aromatic rings. The summed E-state index contributed by atoms with van der Waals surface area (Å²) < 4.78 is 16.3. The van der Waals surface area contributed by atoms with Gasteiger partial charge < -0.3 is 5.32 Å². The average Bonchev–Trinajstić information content (AvgIpc) is 3.45. The van der Waals surface area contributed by atoms with Gasteiger partial charge in [0.25, 0.3) is 0 Å². The van der Waals surface area contributed by atoms with Crippen LogP contribution in [0.2, 0.25) is 0 Å². The van der Waals surface area contributed by atoms with Crippen LogP contribution < -0.4 is 5.32 Å². The first-order chi connectivity index (χ1) is 13.9. The second kappa shape index (κ2) is 7.99. The van der Waals surface area contributed by atoms with Gasteiger partial charge in [0.2, 0.25) is 5.91 Å². The lowest BCUT2D eigenvalue weighted by molar-refractivity contribution is -0.115. The van der Waals surface area contributed by atoms with E-state index in [1.54, 1.807) is 18.2 Å². The Morgan fingerprint density at radius 2 is 1.97 bits per heavy atom. The predicted molar refractivity (Wildman–Crippen MR) is 114 cm³/mol. The predicted octanol–water partition coefficient (Wildman–Crippen LogP) is 5.16. The fourth-order valence-corrected chi connectivity index (χ4v) is 4.16. The third-order valence-corrected chi connectivity index (χ3v) is 6.04. The minimum atomic E-state index is -0.370. The Bertz CT molecular complexity index is 1060. The molecule has 29 heavy (non-hydrogen) atoms. The Labute approximate surface area is 173 Å². The lowest BCUT2D eigenvalue weighted by atomic mass is 10.1. The zero-order valence-corrected chi connectivity index (χ0v) is 17.5. The molecule has 0 unspecified atom stereocenters. The third-order valence-electron chi connectivity index (χ3n) is 4.98. The van der Waals surface area contributed by atoms with Crippen molar-refractivity contribution in [3.63, 3.8) is 0 Å². The fourth-order valence-electron chi connectivity index (χ4n) is 3.25. The molecule has 1 fully saturated rings. The molecule has 1 aliphatic rings. The van der Waals surface area contributed by atoms with Crippen LogP contribution in [-0.2, 0) is 4.79 Å². The highest BCUT2D eigenvalue weighted by Gasteiger charge is 2.32. The van der Waals surface area contributed by atoms with Gasteiger partial charge in [0.05, 0.1) is 10.8 Å². The van der Waals surface area contributed by atoms with E-state index in [1.165, 1.54) is 17.8 Å². The van der Waals surface area contributed by atoms with Crippen molar-refractivity contribution in [3.8, 4) is 11.4 Å². The number of hydrogen-bond donors (Lipinski definition) is 1. The minimum Gasteiger partial charge on any atom is -0.325 e. The Balaban J connectivity index is 1.55. The molecule has 1 heterocycles. The van der Waals surface area contributed by atoms with Gasteiger partial charge in [0.1, 0.15) is 5.82 Å². The second-order valence-electron chi connectivity index (χ2n) is 7.45. The van der Waals surface area contributed by atoms with E-state index in [1.807, 2.05) is 43.5 Å². The first kappa shape index (κ1) is 19.6. The number of nitrogens with one attached hydrogen (secondary N) is 1. The lowest BCUT2D eigenvalue weighted by Gasteiger charge is -2.15. The Morgan fingerprint density at radius 1 is 1.21 bits per heavy atom. The highest BCUT2D eigenvalue weighted by molar-refractivity contribution is 8.00. The van der Waals surface area contributed by atoms with E-state index in [0.29, 0.717) is 16.5 Å². The molecule has 1 aliphatic carbocycles. The molecule has 1 amide bonds. The normalized spacial score (nSPS) is 14.6. The number of anilines is 1. The van der Waals surface area contributed by atoms with Crippen molar-refractivity contribution in [2.75, 3.05) is 5.32 Å². The molecule has 1 aromatic heterocycles. The van der Waals surface area contributed by atoms with E-state index in [9.17, 15) is 9.18 Å². The molecular weight excluding hydrogens is 387 g/mol. The number of rotatable bonds is 6. The van der Waals surface area contributed by atoms with Crippen molar-refractivity contribution in [1.82, 2.24) is 14.8 Å². The molecule has 1 atom stereocenters. The smallest absolute Gasteiger partial charge is 0.237 e. The quantitative estimate of drug-likeness (QED) is 0.571. The molecule has 1 saturated carbocycles. The maximum atomic E-state index is 14.3. The van der Waals surface area contributed by atoms with Crippen LogP contribution in [-0.4, -0.2) is 25.9 Å². The number of halogens is 1. The number of aryl methyl sites for hydroxylation is 2. The van der Waals surface area contributed by atoms with Crippen molar-refractivity contribution < 1.29 is 9.18 Å². The van der Waals surface area contributed by atoms with E-state index in [-0.39, 0.29) is 23.0 Å². The van der Waals surface area contributed by atoms with Gasteiger partial charge in [-0.05, 0) is 57.4 Å². The summed E-state index contributed by atoms with van der Waals surface area (Å²) in [7, 11) is 0. The minimum absolute atomic E-state index is 0.0975. The van der Waals surface area contributed by atoms with Crippen LogP contribution in [0.5, 0.6) is 0 Å². The maximum Gasteiger partial charge on any atom is 0.237 e. The highest BCUT2D eigenvalue weighted by atomic mass is 32.2. The molecular formula is C22H23FN4OS. The van der Waals surface area contributed by atoms with Crippen molar-refractivity contribution in [3.05, 3.63) is 59.4 Å². The molecule has 7 heteroatoms. The molecule has 0 radical (unpaired) electrons. The third kappa shape index (κ3) is 4.19. The van der Waals surface area contributed by atoms with Crippen molar-refractivity contribution >= 4 is 23.4 Å². The van der Waals surface area contributed by atoms with Crippen molar-refractivity contribution in [2.45, 2.75) is 50.1 Å². The molecule has 0 saturated heterocycles. The summed E-state index contributed by atoms with van der Waals surface area (Å²) in [6, 6.07) is 12.8. The second-order valence-corrected chi connectivity index (χ2v) is 8.76. The SMILES string of the molecule is Cc1ccc(NC(=O)[C@H](C)Sc2nnc(-c3ccccc3F)n2C2CC2)c(C)c1. The first-order valence-corrected chi connectivity index (χ1v) is 10.6. The van der Waals surface area contributed by atoms with Crippen LogP contribution >= 0.6 is 11.8 Å². The summed E-state index contributed by atoms with van der Waals surface area (Å²) in [4.78, 5) is 12.7. The molecule has 150 valence electrons. The number of amides is 1. The van der Waals surface area contributed by atoms with Crippen LogP contribution in [0.4, 0.5) is 10.1 Å². The highest BCUT2D eigenvalue weighted by Crippen LogP contribution is 2.42. The van der Waals surface area contributed by atoms with Gasteiger partial charge in [0, 0.05) is 11.7 Å². The molecule has 0 bridgehead atoms. The summed E-state index contributed by atoms with van der Waals surface area (Å²) in [6.07, 6.45) is 2.02. The van der Waals surface area contributed by atoms with Crippen molar-refractivity contribution in [2.24, 2.45) is 0 Å². The topological polar surface area (TPSA) is 59.8 Å². The fraction of sp³-hybridized carbons (Fsp3) is 0.318. The Morgan fingerprint density at radius 3 is 2.66 bits per heavy atom. The van der Waals surface area contributed by atoms with Gasteiger partial charge in [-0.15, -0.1) is 10.2 Å². The zero-order chi connectivity index (χ0) is 20.5. The van der Waals surface area contributed by atoms with Crippen LogP contribution in [0, 0.1) is 19.7 Å². The number of aromatic nitrogens is 3. The van der Waals surface area contributed by atoms with E-state index >= 15 is 0 Å². The number of nitrogens with zero attached hydrogens (tertiary/aromatic N) is 3. The van der Waals surface area contributed by atoms with Gasteiger partial charge in [-0.25, -0.2) is 4.39 Å². The van der Waals surface area contributed by atoms with Gasteiger partial charge in [-0.2, -0.15) is 0 Å². The standard InChI is InChI=1S/C22H23FN4OS/c1-13-8-11-19(14(2)12-13)24-21(28)15(3)29-22-26-25-20(27(22)16-9-10-16)17-6-4-5-7-18(17)23/h4-8,11-12,15-16H,9-10H2,1-3H3,(H,24,28)/t15-/m0/s1. The summed E-state index contributed by atoms with van der Waals surface area (Å²) in [5.74, 6) is 0.105. The average molecular weight is 411 g/mol. The van der Waals surface area contributed by atoms with Gasteiger partial charge >= 0.3 is 0 Å². The van der Waals surface area contributed by atoms with Crippen molar-refractivity contribution in [1.29, 1.82) is 0 Å². The number of carbonyl (C=O) groups is 1. The van der Waals surface area contributed by atoms with Crippen LogP contribution in [0.25, 0.3) is 11.4 Å². The van der Waals surface area contributed by atoms with Gasteiger partial charge in [-0.1, -0.05) is 41.6 Å². The summed E-state index contributed by atoms with van der Waals surface area (Å²) in [5.41, 5.74) is 3.43. The lowest BCUT2D eigenvalue weighted by Crippen LogP contribution is -2.23. The largest absolute Gasteiger partial charge is 0.325 e. The zero-order valence-electron chi connectivity index (χ0n) is 16.6. The molecule has 0 spiro atoms. The Hall–Kier alpha value is -2.67. The first-order valence-electron chi connectivity index (χ1n) is 9.68. The molecule has 1 N–H and O–H groups in total. The van der Waals surface area contributed by atoms with Gasteiger partial charge in [-0.3, -0.25) is 9.36 Å². The van der Waals surface area contributed by atoms with Crippen LogP contribution in [0.15, 0.2) is 47.6 Å². The number of hydrogen-bond acceptors (Lipinski definition) is 4. The number of benzene rings is 2. The molecule has 0 aliphatic heterocycles. The maximum absolute atomic E-state index is 14.3.